The molecule has 112 valence electrons. The Bertz CT molecular complexity index is 668. The van der Waals surface area contributed by atoms with Gasteiger partial charge in [0.1, 0.15) is 4.21 Å². The summed E-state index contributed by atoms with van der Waals surface area (Å²) >= 11 is 1.26. The molecular weight excluding hydrogens is 306 g/mol. The van der Waals surface area contributed by atoms with E-state index in [-0.39, 0.29) is 6.04 Å². The first-order valence-corrected chi connectivity index (χ1v) is 9.17. The smallest absolute Gasteiger partial charge is 0.252 e. The van der Waals surface area contributed by atoms with E-state index in [0.717, 1.165) is 5.56 Å². The molecule has 0 N–H and O–H groups in total. The third kappa shape index (κ3) is 3.18. The van der Waals surface area contributed by atoms with Crippen LogP contribution in [0.15, 0.2) is 52.1 Å². The second-order valence-electron chi connectivity index (χ2n) is 4.97. The maximum Gasteiger partial charge on any atom is 0.252 e. The molecule has 2 heterocycles. The Hall–Kier alpha value is -1.21. The molecule has 0 bridgehead atoms. The zero-order valence-corrected chi connectivity index (χ0v) is 13.1. The molecule has 3 rings (SSSR count). The summed E-state index contributed by atoms with van der Waals surface area (Å²) in [5.41, 5.74) is 1.12. The van der Waals surface area contributed by atoms with Gasteiger partial charge in [-0.3, -0.25) is 0 Å². The van der Waals surface area contributed by atoms with Gasteiger partial charge in [-0.2, -0.15) is 4.31 Å². The van der Waals surface area contributed by atoms with Crippen LogP contribution in [0.1, 0.15) is 5.56 Å². The first-order chi connectivity index (χ1) is 10.2. The van der Waals surface area contributed by atoms with Gasteiger partial charge in [0.15, 0.2) is 0 Å². The highest BCUT2D eigenvalue weighted by Gasteiger charge is 2.34. The van der Waals surface area contributed by atoms with Crippen LogP contribution in [0.25, 0.3) is 0 Å². The van der Waals surface area contributed by atoms with Crippen LogP contribution >= 0.6 is 11.3 Å². The van der Waals surface area contributed by atoms with Gasteiger partial charge in [-0.1, -0.05) is 36.4 Å². The summed E-state index contributed by atoms with van der Waals surface area (Å²) in [5.74, 6) is 0. The molecule has 1 fully saturated rings. The molecule has 0 radical (unpaired) electrons. The van der Waals surface area contributed by atoms with Crippen molar-refractivity contribution in [2.45, 2.75) is 16.7 Å². The third-order valence-corrected chi connectivity index (χ3v) is 6.87. The third-order valence-electron chi connectivity index (χ3n) is 3.55. The van der Waals surface area contributed by atoms with E-state index in [4.69, 9.17) is 4.74 Å². The number of nitrogens with zero attached hydrogens (tertiary/aromatic N) is 1. The Morgan fingerprint density at radius 3 is 2.71 bits per heavy atom. The summed E-state index contributed by atoms with van der Waals surface area (Å²) in [6, 6.07) is 13.2. The van der Waals surface area contributed by atoms with Gasteiger partial charge in [-0.05, 0) is 23.4 Å². The van der Waals surface area contributed by atoms with Gasteiger partial charge in [-0.25, -0.2) is 8.42 Å². The van der Waals surface area contributed by atoms with Crippen molar-refractivity contribution < 1.29 is 13.2 Å². The van der Waals surface area contributed by atoms with Gasteiger partial charge in [0.2, 0.25) is 0 Å². The van der Waals surface area contributed by atoms with E-state index in [0.29, 0.717) is 30.4 Å². The predicted molar refractivity (Wildman–Crippen MR) is 83.0 cm³/mol. The molecule has 1 unspecified atom stereocenters. The molecule has 1 aliphatic rings. The van der Waals surface area contributed by atoms with Crippen LogP contribution < -0.4 is 0 Å². The highest BCUT2D eigenvalue weighted by Crippen LogP contribution is 2.25. The molecule has 1 aromatic carbocycles. The van der Waals surface area contributed by atoms with Crippen molar-refractivity contribution in [3.63, 3.8) is 0 Å². The lowest BCUT2D eigenvalue weighted by Crippen LogP contribution is -2.49. The molecule has 1 aliphatic heterocycles. The van der Waals surface area contributed by atoms with Crippen LogP contribution in [0.5, 0.6) is 0 Å². The second kappa shape index (κ2) is 6.27. The van der Waals surface area contributed by atoms with Gasteiger partial charge in [-0.15, -0.1) is 11.3 Å². The number of hydrogen-bond acceptors (Lipinski definition) is 4. The second-order valence-corrected chi connectivity index (χ2v) is 8.03. The van der Waals surface area contributed by atoms with Crippen molar-refractivity contribution in [1.29, 1.82) is 0 Å². The van der Waals surface area contributed by atoms with Crippen LogP contribution in [0.4, 0.5) is 0 Å². The highest BCUT2D eigenvalue weighted by molar-refractivity contribution is 7.91. The molecule has 1 atom stereocenters. The van der Waals surface area contributed by atoms with Gasteiger partial charge >= 0.3 is 0 Å². The van der Waals surface area contributed by atoms with Crippen molar-refractivity contribution in [3.05, 3.63) is 53.4 Å². The van der Waals surface area contributed by atoms with E-state index in [1.54, 1.807) is 21.8 Å². The van der Waals surface area contributed by atoms with Crippen LogP contribution in [0, 0.1) is 0 Å². The molecule has 4 nitrogen and oxygen atoms in total. The number of morpholine rings is 1. The molecule has 6 heteroatoms. The lowest BCUT2D eigenvalue weighted by atomic mass is 10.1. The van der Waals surface area contributed by atoms with E-state index in [9.17, 15) is 8.42 Å². The average Bonchev–Trinajstić information content (AvgIpc) is 3.04. The molecule has 0 spiro atoms. The zero-order chi connectivity index (χ0) is 14.7. The maximum absolute atomic E-state index is 12.7. The predicted octanol–water partition coefficient (Wildman–Crippen LogP) is 2.38. The quantitative estimate of drug-likeness (QED) is 0.868. The first-order valence-electron chi connectivity index (χ1n) is 6.85. The number of thiophene rings is 1. The fraction of sp³-hybridized carbons (Fsp3) is 0.333. The van der Waals surface area contributed by atoms with E-state index in [2.05, 4.69) is 0 Å². The van der Waals surface area contributed by atoms with Crippen molar-refractivity contribution >= 4 is 21.4 Å². The molecule has 1 aromatic heterocycles. The van der Waals surface area contributed by atoms with E-state index < -0.39 is 10.0 Å². The number of benzene rings is 1. The molecular formula is C15H17NO3S2. The summed E-state index contributed by atoms with van der Waals surface area (Å²) in [4.78, 5) is 0. The van der Waals surface area contributed by atoms with Crippen LogP contribution in [0.3, 0.4) is 0 Å². The molecule has 2 aromatic rings. The fourth-order valence-electron chi connectivity index (χ4n) is 2.53. The SMILES string of the molecule is O=S(=O)(c1cccs1)N1CCOCC1Cc1ccccc1. The number of sulfonamides is 1. The lowest BCUT2D eigenvalue weighted by molar-refractivity contribution is 0.0329. The van der Waals surface area contributed by atoms with Gasteiger partial charge < -0.3 is 4.74 Å². The molecule has 0 amide bonds. The maximum atomic E-state index is 12.7. The zero-order valence-electron chi connectivity index (χ0n) is 11.5. The normalized spacial score (nSPS) is 20.5. The first kappa shape index (κ1) is 14.7. The number of ether oxygens (including phenoxy) is 1. The van der Waals surface area contributed by atoms with Gasteiger partial charge in [0, 0.05) is 6.54 Å². The van der Waals surface area contributed by atoms with E-state index in [1.807, 2.05) is 30.3 Å². The Kier molecular flexibility index (Phi) is 4.40. The summed E-state index contributed by atoms with van der Waals surface area (Å²) < 4.78 is 33.0. The van der Waals surface area contributed by atoms with Gasteiger partial charge in [0.25, 0.3) is 10.0 Å². The minimum Gasteiger partial charge on any atom is -0.378 e. The molecule has 0 saturated carbocycles. The van der Waals surface area contributed by atoms with Crippen LogP contribution in [0.2, 0.25) is 0 Å². The Morgan fingerprint density at radius 1 is 1.19 bits per heavy atom. The Labute approximate surface area is 129 Å². The summed E-state index contributed by atoms with van der Waals surface area (Å²) in [6.07, 6.45) is 0.672. The Balaban J connectivity index is 1.85. The molecule has 21 heavy (non-hydrogen) atoms. The minimum atomic E-state index is -3.42. The van der Waals surface area contributed by atoms with Crippen molar-refractivity contribution in [2.24, 2.45) is 0 Å². The highest BCUT2D eigenvalue weighted by atomic mass is 32.2. The fourth-order valence-corrected chi connectivity index (χ4v) is 5.24. The standard InChI is InChI=1S/C15H17NO3S2/c17-21(18,15-7-4-10-20-15)16-8-9-19-12-14(16)11-13-5-2-1-3-6-13/h1-7,10,14H,8-9,11-12H2. The van der Waals surface area contributed by atoms with Crippen molar-refractivity contribution in [3.8, 4) is 0 Å². The molecule has 0 aliphatic carbocycles. The number of hydrogen-bond donors (Lipinski definition) is 0. The molecule has 1 saturated heterocycles. The van der Waals surface area contributed by atoms with Gasteiger partial charge in [0.05, 0.1) is 19.3 Å². The van der Waals surface area contributed by atoms with Crippen LogP contribution in [-0.2, 0) is 21.2 Å². The monoisotopic (exact) mass is 323 g/mol. The van der Waals surface area contributed by atoms with E-state index in [1.165, 1.54) is 11.3 Å². The largest absolute Gasteiger partial charge is 0.378 e. The topological polar surface area (TPSA) is 46.6 Å². The van der Waals surface area contributed by atoms with Crippen molar-refractivity contribution in [2.75, 3.05) is 19.8 Å². The van der Waals surface area contributed by atoms with Crippen molar-refractivity contribution in [1.82, 2.24) is 4.31 Å². The van der Waals surface area contributed by atoms with Crippen LogP contribution in [-0.4, -0.2) is 38.5 Å². The lowest BCUT2D eigenvalue weighted by Gasteiger charge is -2.34. The summed E-state index contributed by atoms with van der Waals surface area (Å²) in [6.45, 7) is 1.31. The Morgan fingerprint density at radius 2 is 2.00 bits per heavy atom. The summed E-state index contributed by atoms with van der Waals surface area (Å²) in [7, 11) is -3.42. The van der Waals surface area contributed by atoms with E-state index >= 15 is 0 Å². The number of rotatable bonds is 4. The average molecular weight is 323 g/mol. The minimum absolute atomic E-state index is 0.145. The summed E-state index contributed by atoms with van der Waals surface area (Å²) in [5, 5.41) is 1.79.